The van der Waals surface area contributed by atoms with E-state index in [0.717, 1.165) is 13.1 Å². The van der Waals surface area contributed by atoms with Gasteiger partial charge in [0.1, 0.15) is 0 Å². The Bertz CT molecular complexity index is 142. The first-order chi connectivity index (χ1) is 4.85. The molecule has 1 nitrogen and oxygen atoms in total. The van der Waals surface area contributed by atoms with Gasteiger partial charge >= 0.3 is 0 Å². The molecule has 0 aliphatic carbocycles. The normalized spacial score (nSPS) is 7.60. The zero-order chi connectivity index (χ0) is 7.82. The predicted molar refractivity (Wildman–Crippen MR) is 45.7 cm³/mol. The lowest BCUT2D eigenvalue weighted by Gasteiger charge is -2.13. The summed E-state index contributed by atoms with van der Waals surface area (Å²) in [5.74, 6) is 0. The lowest BCUT2D eigenvalue weighted by Crippen LogP contribution is -2.16. The summed E-state index contributed by atoms with van der Waals surface area (Å²) in [6.07, 6.45) is 5.46. The summed E-state index contributed by atoms with van der Waals surface area (Å²) in [5, 5.41) is 0. The van der Waals surface area contributed by atoms with Crippen molar-refractivity contribution in [2.45, 2.75) is 0 Å². The van der Waals surface area contributed by atoms with E-state index in [0.29, 0.717) is 0 Å². The summed E-state index contributed by atoms with van der Waals surface area (Å²) in [5.41, 5.74) is 2.69. The first-order valence-corrected chi connectivity index (χ1v) is 3.17. The first kappa shape index (κ1) is 8.80. The Balaban J connectivity index is 3.81. The Hall–Kier alpha value is -1.20. The van der Waals surface area contributed by atoms with Crippen molar-refractivity contribution in [3.63, 3.8) is 0 Å². The number of hydrogen-bond donors (Lipinski definition) is 0. The van der Waals surface area contributed by atoms with Crippen LogP contribution >= 0.6 is 0 Å². The molecular weight excluding hydrogens is 122 g/mol. The molecule has 0 atom stereocenters. The second-order valence-corrected chi connectivity index (χ2v) is 1.86. The van der Waals surface area contributed by atoms with E-state index in [1.165, 1.54) is 0 Å². The van der Waals surface area contributed by atoms with Crippen LogP contribution in [0.15, 0.2) is 43.8 Å². The van der Waals surface area contributed by atoms with Gasteiger partial charge < -0.3 is 4.90 Å². The molecule has 0 fully saturated rings. The van der Waals surface area contributed by atoms with Gasteiger partial charge in [0.15, 0.2) is 0 Å². The molecule has 0 unspecified atom stereocenters. The molecule has 0 aromatic heterocycles. The van der Waals surface area contributed by atoms with Gasteiger partial charge in [0.2, 0.25) is 0 Å². The molecule has 0 heterocycles. The molecule has 0 saturated carbocycles. The maximum Gasteiger partial charge on any atom is 0.0423 e. The highest BCUT2D eigenvalue weighted by Gasteiger charge is 1.88. The molecule has 54 valence electrons. The molecule has 0 amide bonds. The fourth-order valence-electron chi connectivity index (χ4n) is 0.641. The molecule has 0 aromatic rings. The van der Waals surface area contributed by atoms with Gasteiger partial charge in [-0.05, 0) is 0 Å². The molecular formula is C9H13N. The van der Waals surface area contributed by atoms with Crippen molar-refractivity contribution in [2.75, 3.05) is 13.1 Å². The van der Waals surface area contributed by atoms with Gasteiger partial charge in [0.25, 0.3) is 0 Å². The highest BCUT2D eigenvalue weighted by molar-refractivity contribution is 4.87. The molecule has 0 aliphatic rings. The Morgan fingerprint density at radius 3 is 2.00 bits per heavy atom. The topological polar surface area (TPSA) is 3.24 Å². The van der Waals surface area contributed by atoms with Gasteiger partial charge in [-0.2, -0.15) is 0 Å². The summed E-state index contributed by atoms with van der Waals surface area (Å²) >= 11 is 0. The summed E-state index contributed by atoms with van der Waals surface area (Å²) in [4.78, 5) is 2.01. The summed E-state index contributed by atoms with van der Waals surface area (Å²) in [6, 6.07) is 0. The van der Waals surface area contributed by atoms with Gasteiger partial charge in [-0.25, -0.2) is 0 Å². The van der Waals surface area contributed by atoms with E-state index >= 15 is 0 Å². The molecule has 0 radical (unpaired) electrons. The van der Waals surface area contributed by atoms with E-state index < -0.39 is 0 Å². The lowest BCUT2D eigenvalue weighted by atomic mass is 10.5. The predicted octanol–water partition coefficient (Wildman–Crippen LogP) is 1.96. The number of hydrogen-bond acceptors (Lipinski definition) is 1. The van der Waals surface area contributed by atoms with Gasteiger partial charge in [-0.3, -0.25) is 0 Å². The zero-order valence-electron chi connectivity index (χ0n) is 6.21. The summed E-state index contributed by atoms with van der Waals surface area (Å²) in [6.45, 7) is 12.3. The second kappa shape index (κ2) is 5.93. The van der Waals surface area contributed by atoms with E-state index in [4.69, 9.17) is 0 Å². The minimum absolute atomic E-state index is 0.814. The van der Waals surface area contributed by atoms with E-state index in [1.807, 2.05) is 17.1 Å². The van der Waals surface area contributed by atoms with Crippen LogP contribution in [0.5, 0.6) is 0 Å². The van der Waals surface area contributed by atoms with Crippen LogP contribution in [0.2, 0.25) is 0 Å². The Morgan fingerprint density at radius 1 is 1.20 bits per heavy atom. The van der Waals surface area contributed by atoms with Crippen LogP contribution < -0.4 is 0 Å². The zero-order valence-corrected chi connectivity index (χ0v) is 6.21. The Kier molecular flexibility index (Phi) is 5.22. The van der Waals surface area contributed by atoms with E-state index in [2.05, 4.69) is 25.5 Å². The fraction of sp³-hybridized carbons (Fsp3) is 0.222. The molecule has 0 saturated heterocycles. The van der Waals surface area contributed by atoms with Crippen LogP contribution in [0, 0.1) is 0 Å². The van der Waals surface area contributed by atoms with Crippen LogP contribution in [0.4, 0.5) is 0 Å². The van der Waals surface area contributed by atoms with E-state index in [9.17, 15) is 0 Å². The first-order valence-electron chi connectivity index (χ1n) is 3.17. The van der Waals surface area contributed by atoms with Gasteiger partial charge in [-0.15, -0.1) is 18.9 Å². The van der Waals surface area contributed by atoms with Crippen molar-refractivity contribution < 1.29 is 0 Å². The van der Waals surface area contributed by atoms with Crippen molar-refractivity contribution in [3.8, 4) is 0 Å². The summed E-state index contributed by atoms with van der Waals surface area (Å²) < 4.78 is 0. The molecule has 0 aromatic carbocycles. The molecule has 10 heavy (non-hydrogen) atoms. The van der Waals surface area contributed by atoms with Crippen LogP contribution in [-0.2, 0) is 0 Å². The fourth-order valence-corrected chi connectivity index (χ4v) is 0.641. The average molecular weight is 135 g/mol. The molecule has 0 bridgehead atoms. The highest BCUT2D eigenvalue weighted by atomic mass is 15.1. The van der Waals surface area contributed by atoms with Crippen molar-refractivity contribution in [1.29, 1.82) is 0 Å². The minimum atomic E-state index is 0.814. The second-order valence-electron chi connectivity index (χ2n) is 1.86. The summed E-state index contributed by atoms with van der Waals surface area (Å²) in [7, 11) is 0. The van der Waals surface area contributed by atoms with Crippen LogP contribution in [0.1, 0.15) is 0 Å². The molecule has 1 heteroatoms. The average Bonchev–Trinajstić information content (AvgIpc) is 1.90. The van der Waals surface area contributed by atoms with E-state index in [-0.39, 0.29) is 0 Å². The SMILES string of the molecule is C=C=CN(CC=C)CC=C. The monoisotopic (exact) mass is 135 g/mol. The smallest absolute Gasteiger partial charge is 0.0423 e. The van der Waals surface area contributed by atoms with Crippen molar-refractivity contribution in [3.05, 3.63) is 43.8 Å². The Morgan fingerprint density at radius 2 is 1.70 bits per heavy atom. The van der Waals surface area contributed by atoms with Crippen molar-refractivity contribution in [1.82, 2.24) is 4.90 Å². The van der Waals surface area contributed by atoms with Gasteiger partial charge in [-0.1, -0.05) is 18.7 Å². The third-order valence-electron chi connectivity index (χ3n) is 1.00. The van der Waals surface area contributed by atoms with Crippen molar-refractivity contribution in [2.24, 2.45) is 0 Å². The third kappa shape index (κ3) is 3.76. The van der Waals surface area contributed by atoms with Crippen LogP contribution in [0.3, 0.4) is 0 Å². The maximum atomic E-state index is 3.62. The quantitative estimate of drug-likeness (QED) is 0.411. The molecule has 0 aliphatic heterocycles. The lowest BCUT2D eigenvalue weighted by molar-refractivity contribution is 0.463. The van der Waals surface area contributed by atoms with Crippen LogP contribution in [0.25, 0.3) is 0 Å². The standard InChI is InChI=1S/C9H13N/c1-4-7-10(8-5-2)9-6-3/h4-5,9H,1-3,7-8H2. The minimum Gasteiger partial charge on any atom is -0.364 e. The highest BCUT2D eigenvalue weighted by Crippen LogP contribution is 1.88. The molecule has 0 rings (SSSR count). The third-order valence-corrected chi connectivity index (χ3v) is 1.00. The largest absolute Gasteiger partial charge is 0.364 e. The molecule has 0 N–H and O–H groups in total. The Labute approximate surface area is 62.7 Å². The number of rotatable bonds is 5. The number of nitrogens with zero attached hydrogens (tertiary/aromatic N) is 1. The van der Waals surface area contributed by atoms with Crippen LogP contribution in [-0.4, -0.2) is 18.0 Å². The van der Waals surface area contributed by atoms with Gasteiger partial charge in [0, 0.05) is 19.3 Å². The maximum absolute atomic E-state index is 3.62. The van der Waals surface area contributed by atoms with Gasteiger partial charge in [0.05, 0.1) is 0 Å². The van der Waals surface area contributed by atoms with E-state index in [1.54, 1.807) is 6.20 Å². The molecule has 0 spiro atoms. The van der Waals surface area contributed by atoms with Crippen molar-refractivity contribution >= 4 is 0 Å².